The minimum atomic E-state index is -0.457. The summed E-state index contributed by atoms with van der Waals surface area (Å²) in [6.45, 7) is 0. The van der Waals surface area contributed by atoms with Crippen molar-refractivity contribution in [3.05, 3.63) is 40.3 Å². The molecule has 104 valence electrons. The molecule has 0 saturated heterocycles. The van der Waals surface area contributed by atoms with E-state index in [4.69, 9.17) is 10.3 Å². The first-order chi connectivity index (χ1) is 9.57. The fraction of sp³-hybridized carbons (Fsp3) is 0.385. The molecule has 1 aliphatic carbocycles. The van der Waals surface area contributed by atoms with Crippen molar-refractivity contribution in [2.75, 3.05) is 0 Å². The van der Waals surface area contributed by atoms with Crippen molar-refractivity contribution in [2.45, 2.75) is 31.2 Å². The van der Waals surface area contributed by atoms with Gasteiger partial charge in [-0.2, -0.15) is 4.98 Å². The fourth-order valence-corrected chi connectivity index (χ4v) is 2.37. The predicted molar refractivity (Wildman–Crippen MR) is 70.9 cm³/mol. The molecule has 1 saturated carbocycles. The highest BCUT2D eigenvalue weighted by molar-refractivity contribution is 5.67. The summed E-state index contributed by atoms with van der Waals surface area (Å²) in [6, 6.07) is 6.33. The van der Waals surface area contributed by atoms with E-state index in [1.165, 1.54) is 6.07 Å². The second-order valence-electron chi connectivity index (χ2n) is 5.18. The van der Waals surface area contributed by atoms with Gasteiger partial charge in [0.1, 0.15) is 5.56 Å². The molecule has 0 unspecified atom stereocenters. The summed E-state index contributed by atoms with van der Waals surface area (Å²) in [5, 5.41) is 14.8. The Morgan fingerprint density at radius 2 is 2.15 bits per heavy atom. The average molecular weight is 274 g/mol. The summed E-state index contributed by atoms with van der Waals surface area (Å²) in [6.07, 6.45) is 3.51. The average Bonchev–Trinajstić information content (AvgIpc) is 2.85. The topological polar surface area (TPSA) is 108 Å². The maximum Gasteiger partial charge on any atom is 0.280 e. The van der Waals surface area contributed by atoms with Crippen molar-refractivity contribution in [2.24, 2.45) is 5.73 Å². The van der Waals surface area contributed by atoms with Gasteiger partial charge in [0.15, 0.2) is 0 Å². The Morgan fingerprint density at radius 1 is 1.40 bits per heavy atom. The number of aromatic nitrogens is 2. The number of nitro groups is 1. The van der Waals surface area contributed by atoms with Gasteiger partial charge in [0, 0.05) is 18.0 Å². The molecule has 2 N–H and O–H groups in total. The number of para-hydroxylation sites is 1. The van der Waals surface area contributed by atoms with Crippen molar-refractivity contribution in [3.8, 4) is 11.4 Å². The first kappa shape index (κ1) is 12.7. The molecule has 0 aliphatic heterocycles. The van der Waals surface area contributed by atoms with Crippen molar-refractivity contribution in [1.29, 1.82) is 0 Å². The first-order valence-corrected chi connectivity index (χ1v) is 6.43. The van der Waals surface area contributed by atoms with E-state index in [-0.39, 0.29) is 17.1 Å². The minimum absolute atomic E-state index is 0.0362. The Labute approximate surface area is 114 Å². The van der Waals surface area contributed by atoms with Crippen LogP contribution in [0.2, 0.25) is 0 Å². The number of hydrogen-bond acceptors (Lipinski definition) is 6. The third-order valence-corrected chi connectivity index (χ3v) is 3.66. The minimum Gasteiger partial charge on any atom is -0.339 e. The molecule has 1 aliphatic rings. The van der Waals surface area contributed by atoms with E-state index >= 15 is 0 Å². The Balaban J connectivity index is 1.88. The largest absolute Gasteiger partial charge is 0.339 e. The van der Waals surface area contributed by atoms with Crippen LogP contribution < -0.4 is 5.73 Å². The Bertz CT molecular complexity index is 649. The fourth-order valence-electron chi connectivity index (χ4n) is 2.37. The summed E-state index contributed by atoms with van der Waals surface area (Å²) in [5.74, 6) is 0.663. The Hall–Kier alpha value is -2.28. The van der Waals surface area contributed by atoms with Crippen molar-refractivity contribution >= 4 is 5.69 Å². The van der Waals surface area contributed by atoms with Gasteiger partial charge in [-0.25, -0.2) is 0 Å². The summed E-state index contributed by atoms with van der Waals surface area (Å²) >= 11 is 0. The van der Waals surface area contributed by atoms with Crippen molar-refractivity contribution in [1.82, 2.24) is 10.1 Å². The Morgan fingerprint density at radius 3 is 2.80 bits per heavy atom. The molecule has 0 spiro atoms. The molecule has 1 aromatic carbocycles. The maximum atomic E-state index is 11.0. The third kappa shape index (κ3) is 2.27. The molecule has 0 radical (unpaired) electrons. The maximum absolute atomic E-state index is 11.0. The second-order valence-corrected chi connectivity index (χ2v) is 5.18. The lowest BCUT2D eigenvalue weighted by Gasteiger charge is -2.36. The van der Waals surface area contributed by atoms with Gasteiger partial charge in [0.2, 0.25) is 11.7 Å². The zero-order chi connectivity index (χ0) is 14.2. The molecule has 0 amide bonds. The van der Waals surface area contributed by atoms with Crippen LogP contribution in [0.3, 0.4) is 0 Å². The van der Waals surface area contributed by atoms with E-state index < -0.39 is 4.92 Å². The zero-order valence-electron chi connectivity index (χ0n) is 10.8. The second kappa shape index (κ2) is 4.68. The van der Waals surface area contributed by atoms with E-state index in [9.17, 15) is 10.1 Å². The quantitative estimate of drug-likeness (QED) is 0.675. The van der Waals surface area contributed by atoms with Gasteiger partial charge in [0.25, 0.3) is 5.69 Å². The lowest BCUT2D eigenvalue weighted by Crippen LogP contribution is -2.48. The molecule has 0 bridgehead atoms. The van der Waals surface area contributed by atoms with Crippen LogP contribution in [0.15, 0.2) is 28.8 Å². The molecule has 3 rings (SSSR count). The normalized spacial score (nSPS) is 16.6. The standard InChI is InChI=1S/C13H14N4O3/c14-13(6-3-7-13)8-11-15-12(16-20-11)9-4-1-2-5-10(9)17(18)19/h1-2,4-5H,3,6-8,14H2. The molecule has 7 nitrogen and oxygen atoms in total. The van der Waals surface area contributed by atoms with Crippen LogP contribution in [0.5, 0.6) is 0 Å². The number of nitrogens with two attached hydrogens (primary N) is 1. The lowest BCUT2D eigenvalue weighted by molar-refractivity contribution is -0.384. The molecule has 1 aromatic heterocycles. The summed E-state index contributed by atoms with van der Waals surface area (Å²) < 4.78 is 5.16. The van der Waals surface area contributed by atoms with Crippen LogP contribution in [0.25, 0.3) is 11.4 Å². The van der Waals surface area contributed by atoms with E-state index in [1.54, 1.807) is 18.2 Å². The van der Waals surface area contributed by atoms with Gasteiger partial charge in [-0.15, -0.1) is 0 Å². The highest BCUT2D eigenvalue weighted by atomic mass is 16.6. The van der Waals surface area contributed by atoms with Gasteiger partial charge >= 0.3 is 0 Å². The van der Waals surface area contributed by atoms with Gasteiger partial charge in [-0.1, -0.05) is 17.3 Å². The smallest absolute Gasteiger partial charge is 0.280 e. The molecular weight excluding hydrogens is 260 g/mol. The van der Waals surface area contributed by atoms with Crippen LogP contribution in [-0.4, -0.2) is 20.6 Å². The summed E-state index contributed by atoms with van der Waals surface area (Å²) in [5.41, 5.74) is 6.19. The number of benzene rings is 1. The summed E-state index contributed by atoms with van der Waals surface area (Å²) in [7, 11) is 0. The van der Waals surface area contributed by atoms with Crippen molar-refractivity contribution in [3.63, 3.8) is 0 Å². The van der Waals surface area contributed by atoms with E-state index in [2.05, 4.69) is 10.1 Å². The lowest BCUT2D eigenvalue weighted by atomic mass is 9.75. The number of rotatable bonds is 4. The van der Waals surface area contributed by atoms with Crippen LogP contribution in [-0.2, 0) is 6.42 Å². The first-order valence-electron chi connectivity index (χ1n) is 6.43. The monoisotopic (exact) mass is 274 g/mol. The number of hydrogen-bond donors (Lipinski definition) is 1. The highest BCUT2D eigenvalue weighted by Crippen LogP contribution is 2.33. The summed E-state index contributed by atoms with van der Waals surface area (Å²) in [4.78, 5) is 14.8. The molecular formula is C13H14N4O3. The number of nitrogens with zero attached hydrogens (tertiary/aromatic N) is 3. The third-order valence-electron chi connectivity index (χ3n) is 3.66. The molecule has 1 heterocycles. The van der Waals surface area contributed by atoms with Gasteiger partial charge in [0.05, 0.1) is 4.92 Å². The predicted octanol–water partition coefficient (Wildman–Crippen LogP) is 2.07. The van der Waals surface area contributed by atoms with Crippen LogP contribution >= 0.6 is 0 Å². The molecule has 1 fully saturated rings. The van der Waals surface area contributed by atoms with E-state index in [1.807, 2.05) is 0 Å². The molecule has 7 heteroatoms. The van der Waals surface area contributed by atoms with E-state index in [0.717, 1.165) is 19.3 Å². The van der Waals surface area contributed by atoms with Crippen LogP contribution in [0, 0.1) is 10.1 Å². The van der Waals surface area contributed by atoms with Gasteiger partial charge < -0.3 is 10.3 Å². The molecule has 2 aromatic rings. The molecule has 20 heavy (non-hydrogen) atoms. The van der Waals surface area contributed by atoms with Gasteiger partial charge in [-0.3, -0.25) is 10.1 Å². The van der Waals surface area contributed by atoms with Crippen molar-refractivity contribution < 1.29 is 9.45 Å². The van der Waals surface area contributed by atoms with E-state index in [0.29, 0.717) is 17.9 Å². The highest BCUT2D eigenvalue weighted by Gasteiger charge is 2.34. The molecule has 0 atom stereocenters. The van der Waals surface area contributed by atoms with Gasteiger partial charge in [-0.05, 0) is 25.3 Å². The SMILES string of the molecule is NC1(Cc2nc(-c3ccccc3[N+](=O)[O-])no2)CCC1. The number of nitro benzene ring substituents is 1. The zero-order valence-corrected chi connectivity index (χ0v) is 10.8. The van der Waals surface area contributed by atoms with Crippen LogP contribution in [0.4, 0.5) is 5.69 Å². The Kier molecular flexibility index (Phi) is 2.98. The van der Waals surface area contributed by atoms with Crippen LogP contribution in [0.1, 0.15) is 25.2 Å².